The third-order valence-corrected chi connectivity index (χ3v) is 3.72. The molecule has 1 amide bonds. The number of pyridine rings is 1. The molecule has 1 aromatic heterocycles. The lowest BCUT2D eigenvalue weighted by molar-refractivity contribution is -0.120. The van der Waals surface area contributed by atoms with E-state index in [-0.39, 0.29) is 18.0 Å². The van der Waals surface area contributed by atoms with Crippen molar-refractivity contribution in [1.29, 1.82) is 0 Å². The van der Waals surface area contributed by atoms with Crippen molar-refractivity contribution in [3.05, 3.63) is 17.8 Å². The molecular formula is C13H17N3O2. The number of hydrogen-bond acceptors (Lipinski definition) is 4. The Morgan fingerprint density at radius 3 is 2.72 bits per heavy atom. The number of amides is 1. The van der Waals surface area contributed by atoms with Crippen LogP contribution in [0.5, 0.6) is 0 Å². The molecule has 0 N–H and O–H groups in total. The molecule has 0 bridgehead atoms. The molecule has 3 heterocycles. The van der Waals surface area contributed by atoms with Crippen LogP contribution in [0, 0.1) is 6.92 Å². The van der Waals surface area contributed by atoms with E-state index in [0.717, 1.165) is 17.2 Å². The molecular weight excluding hydrogens is 230 g/mol. The van der Waals surface area contributed by atoms with Crippen LogP contribution in [0.15, 0.2) is 12.1 Å². The minimum atomic E-state index is -0.175. The van der Waals surface area contributed by atoms with Gasteiger partial charge in [0.25, 0.3) is 0 Å². The fourth-order valence-electron chi connectivity index (χ4n) is 2.56. The predicted octanol–water partition coefficient (Wildman–Crippen LogP) is 0.960. The van der Waals surface area contributed by atoms with Crippen LogP contribution in [0.1, 0.15) is 12.6 Å². The van der Waals surface area contributed by atoms with Gasteiger partial charge >= 0.3 is 0 Å². The Hall–Kier alpha value is -1.62. The molecule has 0 aliphatic carbocycles. The minimum absolute atomic E-state index is 0.111. The van der Waals surface area contributed by atoms with Crippen LogP contribution in [0.2, 0.25) is 0 Å². The van der Waals surface area contributed by atoms with E-state index in [1.165, 1.54) is 0 Å². The number of aromatic nitrogens is 1. The highest BCUT2D eigenvalue weighted by molar-refractivity contribution is 6.04. The molecule has 1 fully saturated rings. The molecule has 18 heavy (non-hydrogen) atoms. The maximum Gasteiger partial charge on any atom is 0.249 e. The molecule has 2 aliphatic rings. The van der Waals surface area contributed by atoms with Gasteiger partial charge in [-0.3, -0.25) is 4.79 Å². The second-order valence-electron chi connectivity index (χ2n) is 4.97. The molecule has 0 aromatic carbocycles. The van der Waals surface area contributed by atoms with Crippen molar-refractivity contribution in [3.63, 3.8) is 0 Å². The van der Waals surface area contributed by atoms with E-state index >= 15 is 0 Å². The second-order valence-corrected chi connectivity index (χ2v) is 4.97. The Labute approximate surface area is 106 Å². The highest BCUT2D eigenvalue weighted by Crippen LogP contribution is 2.36. The number of ether oxygens (including phenoxy) is 1. The van der Waals surface area contributed by atoms with Gasteiger partial charge in [0.15, 0.2) is 5.82 Å². The first-order valence-electron chi connectivity index (χ1n) is 6.21. The Bertz CT molecular complexity index is 499. The molecule has 1 aromatic rings. The van der Waals surface area contributed by atoms with Gasteiger partial charge in [0.1, 0.15) is 6.04 Å². The zero-order valence-corrected chi connectivity index (χ0v) is 10.9. The molecule has 0 saturated carbocycles. The van der Waals surface area contributed by atoms with E-state index in [4.69, 9.17) is 4.74 Å². The minimum Gasteiger partial charge on any atom is -0.377 e. The summed E-state index contributed by atoms with van der Waals surface area (Å²) in [4.78, 5) is 20.7. The van der Waals surface area contributed by atoms with E-state index < -0.39 is 0 Å². The summed E-state index contributed by atoms with van der Waals surface area (Å²) >= 11 is 0. The van der Waals surface area contributed by atoms with Crippen LogP contribution in [0.25, 0.3) is 0 Å². The average Bonchev–Trinajstić information content (AvgIpc) is 2.29. The summed E-state index contributed by atoms with van der Waals surface area (Å²) in [5.74, 6) is 1.01. The molecule has 0 unspecified atom stereocenters. The Kier molecular flexibility index (Phi) is 2.52. The summed E-state index contributed by atoms with van der Waals surface area (Å²) < 4.78 is 5.25. The number of aryl methyl sites for hydroxylation is 1. The summed E-state index contributed by atoms with van der Waals surface area (Å²) in [6, 6.07) is 4.00. The van der Waals surface area contributed by atoms with Gasteiger partial charge in [-0.05, 0) is 26.0 Å². The van der Waals surface area contributed by atoms with Crippen LogP contribution >= 0.6 is 0 Å². The topological polar surface area (TPSA) is 45.7 Å². The fraction of sp³-hybridized carbons (Fsp3) is 0.538. The highest BCUT2D eigenvalue weighted by atomic mass is 16.5. The van der Waals surface area contributed by atoms with Gasteiger partial charge in [-0.15, -0.1) is 0 Å². The maximum absolute atomic E-state index is 12.2. The molecule has 5 nitrogen and oxygen atoms in total. The highest BCUT2D eigenvalue weighted by Gasteiger charge is 2.40. The van der Waals surface area contributed by atoms with Crippen LogP contribution in [-0.4, -0.2) is 43.2 Å². The largest absolute Gasteiger partial charge is 0.377 e. The van der Waals surface area contributed by atoms with Crippen LogP contribution in [0.3, 0.4) is 0 Å². The number of fused-ring (bicyclic) bond motifs is 1. The van der Waals surface area contributed by atoms with E-state index in [9.17, 15) is 4.79 Å². The van der Waals surface area contributed by atoms with E-state index in [0.29, 0.717) is 13.2 Å². The Balaban J connectivity index is 2.11. The quantitative estimate of drug-likeness (QED) is 0.741. The first-order valence-corrected chi connectivity index (χ1v) is 6.21. The average molecular weight is 247 g/mol. The van der Waals surface area contributed by atoms with Crippen LogP contribution < -0.4 is 9.80 Å². The van der Waals surface area contributed by atoms with E-state index in [2.05, 4.69) is 9.88 Å². The maximum atomic E-state index is 12.2. The van der Waals surface area contributed by atoms with Crippen molar-refractivity contribution < 1.29 is 9.53 Å². The van der Waals surface area contributed by atoms with Gasteiger partial charge in [0.05, 0.1) is 24.9 Å². The standard InChI is InChI=1S/C13H17N3O2/c1-8-4-5-11-12(14-8)16(10-6-18-7-10)9(2)13(17)15(11)3/h4-5,9-10H,6-7H2,1-3H3/t9-/m1/s1. The lowest BCUT2D eigenvalue weighted by atomic mass is 10.1. The number of carbonyl (C=O) groups excluding carboxylic acids is 1. The predicted molar refractivity (Wildman–Crippen MR) is 68.9 cm³/mol. The molecule has 96 valence electrons. The number of rotatable bonds is 1. The van der Waals surface area contributed by atoms with Gasteiger partial charge in [-0.1, -0.05) is 0 Å². The van der Waals surface area contributed by atoms with Crippen molar-refractivity contribution in [2.24, 2.45) is 0 Å². The zero-order chi connectivity index (χ0) is 12.9. The van der Waals surface area contributed by atoms with Gasteiger partial charge in [-0.25, -0.2) is 4.98 Å². The number of carbonyl (C=O) groups is 1. The first kappa shape index (κ1) is 11.5. The molecule has 1 saturated heterocycles. The second kappa shape index (κ2) is 3.95. The van der Waals surface area contributed by atoms with Gasteiger partial charge in [0.2, 0.25) is 5.91 Å². The number of anilines is 2. The monoisotopic (exact) mass is 247 g/mol. The summed E-state index contributed by atoms with van der Waals surface area (Å²) in [5, 5.41) is 0. The van der Waals surface area contributed by atoms with E-state index in [1.54, 1.807) is 4.90 Å². The van der Waals surface area contributed by atoms with Gasteiger partial charge in [-0.2, -0.15) is 0 Å². The molecule has 5 heteroatoms. The van der Waals surface area contributed by atoms with Crippen molar-refractivity contribution in [2.75, 3.05) is 30.1 Å². The molecule has 1 atom stereocenters. The molecule has 0 spiro atoms. The molecule has 0 radical (unpaired) electrons. The summed E-state index contributed by atoms with van der Waals surface area (Å²) in [5.41, 5.74) is 1.85. The third-order valence-electron chi connectivity index (χ3n) is 3.72. The summed E-state index contributed by atoms with van der Waals surface area (Å²) in [7, 11) is 1.81. The SMILES string of the molecule is Cc1ccc2c(n1)N(C1COC1)[C@H](C)C(=O)N2C. The number of likely N-dealkylation sites (N-methyl/N-ethyl adjacent to an activating group) is 1. The normalized spacial score (nSPS) is 23.9. The molecule has 2 aliphatic heterocycles. The lowest BCUT2D eigenvalue weighted by Gasteiger charge is -2.46. The third kappa shape index (κ3) is 1.50. The van der Waals surface area contributed by atoms with Crippen molar-refractivity contribution in [1.82, 2.24) is 4.98 Å². The molecule has 3 rings (SSSR count). The zero-order valence-electron chi connectivity index (χ0n) is 10.9. The van der Waals surface area contributed by atoms with Crippen molar-refractivity contribution in [2.45, 2.75) is 25.9 Å². The fourth-order valence-corrected chi connectivity index (χ4v) is 2.56. The van der Waals surface area contributed by atoms with Crippen molar-refractivity contribution >= 4 is 17.4 Å². The summed E-state index contributed by atoms with van der Waals surface area (Å²) in [6.45, 7) is 5.26. The van der Waals surface area contributed by atoms with Crippen LogP contribution in [-0.2, 0) is 9.53 Å². The van der Waals surface area contributed by atoms with Crippen molar-refractivity contribution in [3.8, 4) is 0 Å². The van der Waals surface area contributed by atoms with Gasteiger partial charge < -0.3 is 14.5 Å². The van der Waals surface area contributed by atoms with Crippen LogP contribution in [0.4, 0.5) is 11.5 Å². The lowest BCUT2D eigenvalue weighted by Crippen LogP contribution is -2.60. The smallest absolute Gasteiger partial charge is 0.249 e. The van der Waals surface area contributed by atoms with Gasteiger partial charge in [0, 0.05) is 12.7 Å². The Morgan fingerprint density at radius 1 is 1.39 bits per heavy atom. The first-order chi connectivity index (χ1) is 8.59. The number of nitrogens with zero attached hydrogens (tertiary/aromatic N) is 3. The summed E-state index contributed by atoms with van der Waals surface area (Å²) in [6.07, 6.45) is 0. The number of hydrogen-bond donors (Lipinski definition) is 0. The van der Waals surface area contributed by atoms with E-state index in [1.807, 2.05) is 33.0 Å². The Morgan fingerprint density at radius 2 is 2.11 bits per heavy atom.